The highest BCUT2D eigenvalue weighted by atomic mass is 15.6. The van der Waals surface area contributed by atoms with E-state index in [1.807, 2.05) is 12.1 Å². The van der Waals surface area contributed by atoms with E-state index in [1.54, 1.807) is 0 Å². The molecule has 2 aromatic heterocycles. The van der Waals surface area contributed by atoms with Crippen molar-refractivity contribution in [2.24, 2.45) is 5.92 Å². The molecule has 0 aliphatic carbocycles. The van der Waals surface area contributed by atoms with E-state index < -0.39 is 0 Å². The summed E-state index contributed by atoms with van der Waals surface area (Å²) >= 11 is 0. The van der Waals surface area contributed by atoms with Crippen LogP contribution in [0.3, 0.4) is 0 Å². The lowest BCUT2D eigenvalue weighted by molar-refractivity contribution is 0.215. The average Bonchev–Trinajstić information content (AvgIpc) is 2.88. The molecule has 0 bridgehead atoms. The van der Waals surface area contributed by atoms with Crippen molar-refractivity contribution in [3.05, 3.63) is 12.1 Å². The zero-order valence-corrected chi connectivity index (χ0v) is 11.2. The Balaban J connectivity index is 1.49. The largest absolute Gasteiger partial charge is 0.369 e. The molecule has 0 radical (unpaired) electrons. The normalized spacial score (nSPS) is 17.9. The third-order valence-corrected chi connectivity index (χ3v) is 3.77. The van der Waals surface area contributed by atoms with Crippen LogP contribution in [-0.4, -0.2) is 56.8 Å². The van der Waals surface area contributed by atoms with Crippen molar-refractivity contribution in [2.75, 3.05) is 32.0 Å². The number of piperidine rings is 1. The molecule has 102 valence electrons. The Bertz CT molecular complexity index is 530. The number of likely N-dealkylation sites (tertiary alicyclic amines) is 1. The molecule has 1 aliphatic rings. The summed E-state index contributed by atoms with van der Waals surface area (Å²) < 4.78 is 1.44. The number of aromatic nitrogens is 5. The van der Waals surface area contributed by atoms with Crippen LogP contribution in [0.1, 0.15) is 19.3 Å². The van der Waals surface area contributed by atoms with Crippen LogP contribution in [0.5, 0.6) is 0 Å². The molecule has 1 fully saturated rings. The van der Waals surface area contributed by atoms with Crippen LogP contribution in [0.25, 0.3) is 5.65 Å². The Morgan fingerprint density at radius 1 is 1.32 bits per heavy atom. The number of anilines is 1. The Kier molecular flexibility index (Phi) is 3.54. The maximum atomic E-state index is 4.29. The summed E-state index contributed by atoms with van der Waals surface area (Å²) in [4.78, 5) is 2.40. The van der Waals surface area contributed by atoms with E-state index >= 15 is 0 Å². The van der Waals surface area contributed by atoms with Gasteiger partial charge in [-0.3, -0.25) is 0 Å². The lowest BCUT2D eigenvalue weighted by Crippen LogP contribution is -2.30. The van der Waals surface area contributed by atoms with Gasteiger partial charge in [-0.25, -0.2) is 0 Å². The fourth-order valence-corrected chi connectivity index (χ4v) is 2.50. The van der Waals surface area contributed by atoms with Crippen LogP contribution in [0.4, 0.5) is 5.82 Å². The van der Waals surface area contributed by atoms with E-state index in [-0.39, 0.29) is 0 Å². The van der Waals surface area contributed by atoms with Gasteiger partial charge < -0.3 is 10.2 Å². The fourth-order valence-electron chi connectivity index (χ4n) is 2.50. The molecule has 0 amide bonds. The molecule has 7 heteroatoms. The van der Waals surface area contributed by atoms with Gasteiger partial charge in [0.05, 0.1) is 0 Å². The topological polar surface area (TPSA) is 71.2 Å². The van der Waals surface area contributed by atoms with Crippen molar-refractivity contribution in [2.45, 2.75) is 19.3 Å². The number of hydrogen-bond donors (Lipinski definition) is 1. The highest BCUT2D eigenvalue weighted by Gasteiger charge is 2.15. The molecule has 0 aromatic carbocycles. The second kappa shape index (κ2) is 5.48. The first kappa shape index (κ1) is 12.3. The first-order valence-corrected chi connectivity index (χ1v) is 6.79. The van der Waals surface area contributed by atoms with Crippen LogP contribution in [-0.2, 0) is 0 Å². The Hall–Kier alpha value is -1.76. The summed E-state index contributed by atoms with van der Waals surface area (Å²) in [5, 5.41) is 18.8. The van der Waals surface area contributed by atoms with E-state index in [4.69, 9.17) is 0 Å². The smallest absolute Gasteiger partial charge is 0.200 e. The number of rotatable bonds is 4. The summed E-state index contributed by atoms with van der Waals surface area (Å²) in [5.41, 5.74) is 0.667. The van der Waals surface area contributed by atoms with Crippen molar-refractivity contribution in [1.29, 1.82) is 0 Å². The zero-order valence-electron chi connectivity index (χ0n) is 11.2. The van der Waals surface area contributed by atoms with E-state index in [0.717, 1.165) is 18.3 Å². The molecule has 19 heavy (non-hydrogen) atoms. The number of hydrogen-bond acceptors (Lipinski definition) is 6. The molecule has 0 saturated carbocycles. The lowest BCUT2D eigenvalue weighted by atomic mass is 9.94. The van der Waals surface area contributed by atoms with Crippen molar-refractivity contribution >= 4 is 11.5 Å². The van der Waals surface area contributed by atoms with Gasteiger partial charge in [0.2, 0.25) is 0 Å². The first-order chi connectivity index (χ1) is 9.31. The first-order valence-electron chi connectivity index (χ1n) is 6.79. The predicted molar refractivity (Wildman–Crippen MR) is 71.9 cm³/mol. The summed E-state index contributed by atoms with van der Waals surface area (Å²) in [5.74, 6) is 1.66. The van der Waals surface area contributed by atoms with Crippen molar-refractivity contribution in [1.82, 2.24) is 30.2 Å². The summed E-state index contributed by atoms with van der Waals surface area (Å²) in [6.45, 7) is 3.40. The average molecular weight is 261 g/mol. The fraction of sp³-hybridized carbons (Fsp3) is 0.667. The molecule has 1 N–H and O–H groups in total. The van der Waals surface area contributed by atoms with Gasteiger partial charge in [0.1, 0.15) is 5.82 Å². The minimum Gasteiger partial charge on any atom is -0.369 e. The Morgan fingerprint density at radius 2 is 2.16 bits per heavy atom. The van der Waals surface area contributed by atoms with Crippen LogP contribution in [0.15, 0.2) is 12.1 Å². The maximum Gasteiger partial charge on any atom is 0.200 e. The molecule has 0 atom stereocenters. The van der Waals surface area contributed by atoms with E-state index in [0.29, 0.717) is 5.65 Å². The summed E-state index contributed by atoms with van der Waals surface area (Å²) in [7, 11) is 2.19. The lowest BCUT2D eigenvalue weighted by Gasteiger charge is -2.28. The van der Waals surface area contributed by atoms with Crippen LogP contribution >= 0.6 is 0 Å². The minimum absolute atomic E-state index is 0.667. The van der Waals surface area contributed by atoms with Crippen molar-refractivity contribution in [3.63, 3.8) is 0 Å². The molecule has 3 heterocycles. The number of fused-ring (bicyclic) bond motifs is 1. The highest BCUT2D eigenvalue weighted by molar-refractivity contribution is 5.41. The number of nitrogens with one attached hydrogen (secondary N) is 1. The standard InChI is InChI=1S/C12H19N7/c1-18-8-5-10(6-9-18)4-7-13-11-2-3-12-14-16-17-19(12)15-11/h2-3,10H,4-9H2,1H3,(H,13,15). The van der Waals surface area contributed by atoms with Gasteiger partial charge in [0, 0.05) is 6.54 Å². The predicted octanol–water partition coefficient (Wildman–Crippen LogP) is 0.663. The van der Waals surface area contributed by atoms with Gasteiger partial charge in [-0.2, -0.15) is 0 Å². The number of tetrazole rings is 1. The highest BCUT2D eigenvalue weighted by Crippen LogP contribution is 2.19. The number of nitrogens with zero attached hydrogens (tertiary/aromatic N) is 6. The molecular weight excluding hydrogens is 242 g/mol. The van der Waals surface area contributed by atoms with E-state index in [2.05, 4.69) is 37.9 Å². The van der Waals surface area contributed by atoms with Crippen molar-refractivity contribution < 1.29 is 0 Å². The third kappa shape index (κ3) is 2.98. The summed E-state index contributed by atoms with van der Waals surface area (Å²) in [6.07, 6.45) is 3.80. The van der Waals surface area contributed by atoms with Crippen LogP contribution in [0.2, 0.25) is 0 Å². The SMILES string of the molecule is CN1CCC(CCNc2ccc3nnnn3n2)CC1. The molecule has 0 unspecified atom stereocenters. The second-order valence-electron chi connectivity index (χ2n) is 5.21. The minimum atomic E-state index is 0.667. The van der Waals surface area contributed by atoms with Gasteiger partial charge in [-0.1, -0.05) is 0 Å². The van der Waals surface area contributed by atoms with E-state index in [9.17, 15) is 0 Å². The van der Waals surface area contributed by atoms with Gasteiger partial charge in [-0.15, -0.1) is 14.8 Å². The molecular formula is C12H19N7. The zero-order chi connectivity index (χ0) is 13.1. The molecule has 2 aromatic rings. The maximum absolute atomic E-state index is 4.29. The van der Waals surface area contributed by atoms with Gasteiger partial charge >= 0.3 is 0 Å². The summed E-state index contributed by atoms with van der Waals surface area (Å²) in [6, 6.07) is 3.78. The molecule has 1 aliphatic heterocycles. The molecule has 3 rings (SSSR count). The quantitative estimate of drug-likeness (QED) is 0.872. The monoisotopic (exact) mass is 261 g/mol. The van der Waals surface area contributed by atoms with E-state index in [1.165, 1.54) is 37.0 Å². The molecule has 1 saturated heterocycles. The second-order valence-corrected chi connectivity index (χ2v) is 5.21. The molecule has 0 spiro atoms. The molecule has 7 nitrogen and oxygen atoms in total. The Morgan fingerprint density at radius 3 is 3.00 bits per heavy atom. The van der Waals surface area contributed by atoms with Crippen LogP contribution < -0.4 is 5.32 Å². The third-order valence-electron chi connectivity index (χ3n) is 3.77. The van der Waals surface area contributed by atoms with Crippen LogP contribution in [0, 0.1) is 5.92 Å². The van der Waals surface area contributed by atoms with Crippen molar-refractivity contribution in [3.8, 4) is 0 Å². The van der Waals surface area contributed by atoms with Gasteiger partial charge in [0.25, 0.3) is 0 Å². The van der Waals surface area contributed by atoms with Gasteiger partial charge in [0.15, 0.2) is 5.65 Å². The Labute approximate surface area is 112 Å². The van der Waals surface area contributed by atoms with Gasteiger partial charge in [-0.05, 0) is 67.9 Å².